The highest BCUT2D eigenvalue weighted by Gasteiger charge is 2.21. The summed E-state index contributed by atoms with van der Waals surface area (Å²) in [6, 6.07) is 3.57. The van der Waals surface area contributed by atoms with Gasteiger partial charge in [0.15, 0.2) is 0 Å². The van der Waals surface area contributed by atoms with Gasteiger partial charge in [-0.25, -0.2) is 4.39 Å². The van der Waals surface area contributed by atoms with E-state index in [2.05, 4.69) is 15.9 Å². The number of halogens is 3. The molecule has 0 amide bonds. The topological polar surface area (TPSA) is 34.1 Å². The predicted molar refractivity (Wildman–Crippen MR) is 52.5 cm³/mol. The van der Waals surface area contributed by atoms with Gasteiger partial charge in [-0.2, -0.15) is 8.42 Å². The van der Waals surface area contributed by atoms with Crippen molar-refractivity contribution in [1.82, 2.24) is 0 Å². The van der Waals surface area contributed by atoms with Crippen LogP contribution in [0, 0.1) is 5.82 Å². The van der Waals surface area contributed by atoms with Crippen LogP contribution in [0.5, 0.6) is 0 Å². The first kappa shape index (κ1) is 11.6. The average Bonchev–Trinajstić information content (AvgIpc) is 2.07. The average molecular weight is 285 g/mol. The molecule has 14 heavy (non-hydrogen) atoms. The maximum Gasteiger partial charge on any atom is 0.309 e. The minimum absolute atomic E-state index is 0.116. The third kappa shape index (κ3) is 2.51. The van der Waals surface area contributed by atoms with Crippen molar-refractivity contribution in [3.8, 4) is 0 Å². The highest BCUT2D eigenvalue weighted by molar-refractivity contribution is 9.10. The van der Waals surface area contributed by atoms with E-state index in [1.807, 2.05) is 0 Å². The van der Waals surface area contributed by atoms with Gasteiger partial charge < -0.3 is 0 Å². The summed E-state index contributed by atoms with van der Waals surface area (Å²) >= 11 is 2.89. The second kappa shape index (κ2) is 3.94. The van der Waals surface area contributed by atoms with Crippen molar-refractivity contribution < 1.29 is 16.7 Å². The van der Waals surface area contributed by atoms with Crippen LogP contribution in [0.25, 0.3) is 0 Å². The largest absolute Gasteiger partial charge is 0.309 e. The molecule has 0 saturated heterocycles. The third-order valence-corrected chi connectivity index (χ3v) is 3.56. The van der Waals surface area contributed by atoms with Crippen LogP contribution in [0.1, 0.15) is 17.7 Å². The lowest BCUT2D eigenvalue weighted by Crippen LogP contribution is -2.03. The molecule has 6 heteroatoms. The van der Waals surface area contributed by atoms with E-state index in [0.29, 0.717) is 0 Å². The Bertz CT molecular complexity index is 445. The molecule has 0 radical (unpaired) electrons. The first-order valence-electron chi connectivity index (χ1n) is 3.71. The first-order valence-corrected chi connectivity index (χ1v) is 5.95. The van der Waals surface area contributed by atoms with Gasteiger partial charge in [0.1, 0.15) is 11.1 Å². The summed E-state index contributed by atoms with van der Waals surface area (Å²) in [7, 11) is -4.63. The van der Waals surface area contributed by atoms with E-state index in [1.165, 1.54) is 19.1 Å². The van der Waals surface area contributed by atoms with Gasteiger partial charge in [0, 0.05) is 0 Å². The van der Waals surface area contributed by atoms with Crippen LogP contribution in [0.15, 0.2) is 22.7 Å². The van der Waals surface area contributed by atoms with Gasteiger partial charge in [0.05, 0.1) is 4.47 Å². The minimum atomic E-state index is -4.63. The molecule has 0 aliphatic carbocycles. The van der Waals surface area contributed by atoms with Crippen LogP contribution in [0.4, 0.5) is 8.28 Å². The quantitative estimate of drug-likeness (QED) is 0.783. The molecule has 0 aliphatic heterocycles. The van der Waals surface area contributed by atoms with Gasteiger partial charge in [0.2, 0.25) is 0 Å². The molecule has 0 spiro atoms. The molecule has 0 fully saturated rings. The maximum absolute atomic E-state index is 12.8. The summed E-state index contributed by atoms with van der Waals surface area (Å²) < 4.78 is 46.6. The Labute approximate surface area is 89.3 Å². The number of rotatable bonds is 2. The standard InChI is InChI=1S/C8H7BrF2O2S/c1-5(14(11,12)13)6-2-3-8(10)7(9)4-6/h2-5H,1H3. The number of benzene rings is 1. The van der Waals surface area contributed by atoms with E-state index in [4.69, 9.17) is 0 Å². The molecule has 0 heterocycles. The molecule has 1 aromatic carbocycles. The van der Waals surface area contributed by atoms with Gasteiger partial charge in [-0.05, 0) is 40.5 Å². The molecule has 1 unspecified atom stereocenters. The summed E-state index contributed by atoms with van der Waals surface area (Å²) in [6.07, 6.45) is 0. The number of hydrogen-bond donors (Lipinski definition) is 0. The van der Waals surface area contributed by atoms with E-state index >= 15 is 0 Å². The summed E-state index contributed by atoms with van der Waals surface area (Å²) in [5.41, 5.74) is 0.209. The lowest BCUT2D eigenvalue weighted by molar-refractivity contribution is 0.540. The van der Waals surface area contributed by atoms with Crippen LogP contribution in [-0.2, 0) is 10.2 Å². The van der Waals surface area contributed by atoms with Crippen molar-refractivity contribution in [2.75, 3.05) is 0 Å². The molecule has 0 aromatic heterocycles. The van der Waals surface area contributed by atoms with Crippen LogP contribution >= 0.6 is 15.9 Å². The summed E-state index contributed by atoms with van der Waals surface area (Å²) in [5.74, 6) is -0.516. The monoisotopic (exact) mass is 284 g/mol. The maximum atomic E-state index is 12.8. The SMILES string of the molecule is CC(c1ccc(F)c(Br)c1)S(=O)(=O)F. The first-order chi connectivity index (χ1) is 6.32. The molecule has 1 atom stereocenters. The fourth-order valence-electron chi connectivity index (χ4n) is 0.928. The zero-order valence-electron chi connectivity index (χ0n) is 7.17. The van der Waals surface area contributed by atoms with Crippen LogP contribution in [0.3, 0.4) is 0 Å². The van der Waals surface area contributed by atoms with Crippen LogP contribution in [0.2, 0.25) is 0 Å². The van der Waals surface area contributed by atoms with Crippen LogP contribution in [-0.4, -0.2) is 8.42 Å². The summed E-state index contributed by atoms with van der Waals surface area (Å²) in [5, 5.41) is -1.28. The molecule has 78 valence electrons. The molecule has 0 aliphatic rings. The normalized spacial score (nSPS) is 14.0. The fraction of sp³-hybridized carbons (Fsp3) is 0.250. The Morgan fingerprint density at radius 1 is 1.43 bits per heavy atom. The highest BCUT2D eigenvalue weighted by atomic mass is 79.9. The number of hydrogen-bond acceptors (Lipinski definition) is 2. The zero-order valence-corrected chi connectivity index (χ0v) is 9.57. The molecular formula is C8H7BrF2O2S. The van der Waals surface area contributed by atoms with E-state index in [9.17, 15) is 16.7 Å². The van der Waals surface area contributed by atoms with Gasteiger partial charge in [-0.15, -0.1) is 3.89 Å². The van der Waals surface area contributed by atoms with Crippen molar-refractivity contribution in [2.24, 2.45) is 0 Å². The summed E-state index contributed by atoms with van der Waals surface area (Å²) in [4.78, 5) is 0. The van der Waals surface area contributed by atoms with Crippen LogP contribution < -0.4 is 0 Å². The molecule has 1 aromatic rings. The van der Waals surface area contributed by atoms with E-state index in [-0.39, 0.29) is 10.0 Å². The molecule has 0 saturated carbocycles. The van der Waals surface area contributed by atoms with E-state index in [1.54, 1.807) is 0 Å². The Morgan fingerprint density at radius 3 is 2.43 bits per heavy atom. The van der Waals surface area contributed by atoms with Crippen molar-refractivity contribution in [2.45, 2.75) is 12.2 Å². The molecule has 1 rings (SSSR count). The lowest BCUT2D eigenvalue weighted by atomic mass is 10.2. The van der Waals surface area contributed by atoms with Gasteiger partial charge >= 0.3 is 10.2 Å². The second-order valence-corrected chi connectivity index (χ2v) is 5.30. The fourth-order valence-corrected chi connectivity index (χ4v) is 1.80. The summed E-state index contributed by atoms with van der Waals surface area (Å²) in [6.45, 7) is 1.20. The molecule has 0 N–H and O–H groups in total. The van der Waals surface area contributed by atoms with Crippen molar-refractivity contribution >= 4 is 26.2 Å². The molecule has 2 nitrogen and oxygen atoms in total. The second-order valence-electron chi connectivity index (χ2n) is 2.79. The Kier molecular flexibility index (Phi) is 3.26. The van der Waals surface area contributed by atoms with Gasteiger partial charge in [-0.3, -0.25) is 0 Å². The van der Waals surface area contributed by atoms with Crippen molar-refractivity contribution in [1.29, 1.82) is 0 Å². The van der Waals surface area contributed by atoms with Gasteiger partial charge in [0.25, 0.3) is 0 Å². The van der Waals surface area contributed by atoms with Crippen molar-refractivity contribution in [3.05, 3.63) is 34.1 Å². The minimum Gasteiger partial charge on any atom is -0.206 e. The Morgan fingerprint density at radius 2 is 2.00 bits per heavy atom. The highest BCUT2D eigenvalue weighted by Crippen LogP contribution is 2.26. The smallest absolute Gasteiger partial charge is 0.206 e. The van der Waals surface area contributed by atoms with Crippen molar-refractivity contribution in [3.63, 3.8) is 0 Å². The predicted octanol–water partition coefficient (Wildman–Crippen LogP) is 2.95. The van der Waals surface area contributed by atoms with Gasteiger partial charge in [-0.1, -0.05) is 6.07 Å². The lowest BCUT2D eigenvalue weighted by Gasteiger charge is -2.07. The molecule has 0 bridgehead atoms. The zero-order chi connectivity index (χ0) is 10.9. The van der Waals surface area contributed by atoms with E-state index in [0.717, 1.165) is 6.07 Å². The third-order valence-electron chi connectivity index (χ3n) is 1.84. The Balaban J connectivity index is 3.16. The van der Waals surface area contributed by atoms with E-state index < -0.39 is 21.3 Å². The Hall–Kier alpha value is -0.490. The molecular weight excluding hydrogens is 278 g/mol.